The maximum absolute atomic E-state index is 12.5. The summed E-state index contributed by atoms with van der Waals surface area (Å²) in [6.45, 7) is 4.91. The van der Waals surface area contributed by atoms with Crippen LogP contribution in [0.1, 0.15) is 16.8 Å². The molecule has 152 valence electrons. The number of aryl methyl sites for hydroxylation is 1. The van der Waals surface area contributed by atoms with Gasteiger partial charge in [-0.2, -0.15) is 4.31 Å². The summed E-state index contributed by atoms with van der Waals surface area (Å²) < 4.78 is 31.3. The largest absolute Gasteiger partial charge is 0.364 e. The summed E-state index contributed by atoms with van der Waals surface area (Å²) >= 11 is 0. The molecule has 1 fully saturated rings. The first kappa shape index (κ1) is 20.3. The third-order valence-electron chi connectivity index (χ3n) is 4.78. The van der Waals surface area contributed by atoms with Crippen molar-refractivity contribution in [3.63, 3.8) is 0 Å². The van der Waals surface area contributed by atoms with E-state index in [4.69, 9.17) is 4.52 Å². The van der Waals surface area contributed by atoms with Crippen molar-refractivity contribution in [1.82, 2.24) is 19.7 Å². The van der Waals surface area contributed by atoms with Gasteiger partial charge in [0.15, 0.2) is 5.96 Å². The van der Waals surface area contributed by atoms with E-state index in [1.54, 1.807) is 13.1 Å². The smallest absolute Gasteiger partial charge is 0.220 e. The Morgan fingerprint density at radius 3 is 2.50 bits per heavy atom. The van der Waals surface area contributed by atoms with Gasteiger partial charge < -0.3 is 14.7 Å². The first-order valence-corrected chi connectivity index (χ1v) is 11.0. The zero-order valence-corrected chi connectivity index (χ0v) is 17.2. The van der Waals surface area contributed by atoms with Crippen molar-refractivity contribution in [2.45, 2.75) is 19.1 Å². The van der Waals surface area contributed by atoms with Crippen molar-refractivity contribution in [2.75, 3.05) is 39.8 Å². The fraction of sp³-hybridized carbons (Fsp3) is 0.474. The molecule has 0 aliphatic carbocycles. The van der Waals surface area contributed by atoms with Crippen LogP contribution < -0.4 is 5.32 Å². The summed E-state index contributed by atoms with van der Waals surface area (Å²) in [5.74, 6) is 0.674. The lowest BCUT2D eigenvalue weighted by atomic mass is 10.1. The second kappa shape index (κ2) is 9.20. The minimum Gasteiger partial charge on any atom is -0.364 e. The Kier molecular flexibility index (Phi) is 6.69. The van der Waals surface area contributed by atoms with E-state index in [1.165, 1.54) is 21.7 Å². The molecule has 0 bridgehead atoms. The number of piperazine rings is 1. The molecule has 1 aliphatic rings. The van der Waals surface area contributed by atoms with Gasteiger partial charge in [-0.15, -0.1) is 0 Å². The highest BCUT2D eigenvalue weighted by Gasteiger charge is 2.28. The summed E-state index contributed by atoms with van der Waals surface area (Å²) in [5, 5.41) is 7.07. The maximum Gasteiger partial charge on any atom is 0.220 e. The highest BCUT2D eigenvalue weighted by Crippen LogP contribution is 2.13. The molecule has 2 heterocycles. The van der Waals surface area contributed by atoms with Gasteiger partial charge in [-0.05, 0) is 18.9 Å². The predicted molar refractivity (Wildman–Crippen MR) is 109 cm³/mol. The maximum atomic E-state index is 12.5. The summed E-state index contributed by atoms with van der Waals surface area (Å²) in [6.07, 6.45) is 2.29. The molecule has 0 saturated carbocycles. The first-order chi connectivity index (χ1) is 13.5. The van der Waals surface area contributed by atoms with E-state index in [1.807, 2.05) is 0 Å². The van der Waals surface area contributed by atoms with Crippen LogP contribution in [0.15, 0.2) is 46.1 Å². The molecule has 0 atom stereocenters. The van der Waals surface area contributed by atoms with Crippen molar-refractivity contribution in [1.29, 1.82) is 0 Å². The molecule has 1 aliphatic heterocycles. The summed E-state index contributed by atoms with van der Waals surface area (Å²) in [7, 11) is -1.64. The van der Waals surface area contributed by atoms with Crippen molar-refractivity contribution in [2.24, 2.45) is 4.99 Å². The number of aliphatic imine (C=N–C) groups is 1. The summed E-state index contributed by atoms with van der Waals surface area (Å²) in [4.78, 5) is 6.44. The van der Waals surface area contributed by atoms with Crippen LogP contribution in [0.2, 0.25) is 0 Å². The number of nitrogens with zero attached hydrogens (tertiary/aromatic N) is 4. The third kappa shape index (κ3) is 5.32. The van der Waals surface area contributed by atoms with Crippen molar-refractivity contribution >= 4 is 16.0 Å². The van der Waals surface area contributed by atoms with Crippen LogP contribution in [-0.4, -0.2) is 68.5 Å². The molecule has 0 amide bonds. The second-order valence-electron chi connectivity index (χ2n) is 6.84. The van der Waals surface area contributed by atoms with E-state index in [2.05, 4.69) is 51.6 Å². The number of hydrogen-bond donors (Lipinski definition) is 1. The quantitative estimate of drug-likeness (QED) is 0.575. The Morgan fingerprint density at radius 2 is 1.89 bits per heavy atom. The van der Waals surface area contributed by atoms with E-state index < -0.39 is 10.0 Å². The molecule has 0 radical (unpaired) electrons. The molecular formula is C19H27N5O3S. The number of benzene rings is 1. The van der Waals surface area contributed by atoms with Gasteiger partial charge in [-0.1, -0.05) is 35.0 Å². The van der Waals surface area contributed by atoms with Crippen molar-refractivity contribution in [3.05, 3.63) is 53.4 Å². The molecule has 28 heavy (non-hydrogen) atoms. The monoisotopic (exact) mass is 405 g/mol. The normalized spacial score (nSPS) is 16.4. The lowest BCUT2D eigenvalue weighted by Gasteiger charge is -2.35. The van der Waals surface area contributed by atoms with Crippen molar-refractivity contribution < 1.29 is 12.9 Å². The van der Waals surface area contributed by atoms with Crippen LogP contribution in [0.3, 0.4) is 0 Å². The lowest BCUT2D eigenvalue weighted by Crippen LogP contribution is -2.54. The van der Waals surface area contributed by atoms with Crippen LogP contribution in [0.5, 0.6) is 0 Å². The van der Waals surface area contributed by atoms with Gasteiger partial charge in [-0.3, -0.25) is 4.99 Å². The molecular weight excluding hydrogens is 378 g/mol. The summed E-state index contributed by atoms with van der Waals surface area (Å²) in [6, 6.07) is 10.1. The minimum atomic E-state index is -3.39. The summed E-state index contributed by atoms with van der Waals surface area (Å²) in [5.41, 5.74) is 2.96. The molecule has 1 aromatic carbocycles. The van der Waals surface area contributed by atoms with Gasteiger partial charge in [0.2, 0.25) is 10.0 Å². The van der Waals surface area contributed by atoms with Gasteiger partial charge in [0.1, 0.15) is 12.0 Å². The zero-order valence-electron chi connectivity index (χ0n) is 16.3. The van der Waals surface area contributed by atoms with Crippen LogP contribution in [0.25, 0.3) is 0 Å². The molecule has 0 unspecified atom stereocenters. The van der Waals surface area contributed by atoms with Gasteiger partial charge in [0.25, 0.3) is 0 Å². The Labute approximate surface area is 166 Å². The Balaban J connectivity index is 1.47. The lowest BCUT2D eigenvalue weighted by molar-refractivity contribution is 0.260. The van der Waals surface area contributed by atoms with E-state index >= 15 is 0 Å². The van der Waals surface area contributed by atoms with E-state index in [9.17, 15) is 8.42 Å². The average molecular weight is 406 g/mol. The predicted octanol–water partition coefficient (Wildman–Crippen LogP) is 1.25. The number of hydrogen-bond acceptors (Lipinski definition) is 5. The number of guanidine groups is 1. The first-order valence-electron chi connectivity index (χ1n) is 9.36. The molecule has 1 N–H and O–H groups in total. The zero-order chi connectivity index (χ0) is 20.0. The molecule has 2 aromatic rings. The van der Waals surface area contributed by atoms with Crippen LogP contribution in [0.4, 0.5) is 0 Å². The van der Waals surface area contributed by atoms with Gasteiger partial charge in [0, 0.05) is 45.8 Å². The average Bonchev–Trinajstić information content (AvgIpc) is 3.19. The van der Waals surface area contributed by atoms with Crippen LogP contribution in [-0.2, 0) is 22.2 Å². The van der Waals surface area contributed by atoms with Crippen molar-refractivity contribution in [3.8, 4) is 0 Å². The molecule has 1 saturated heterocycles. The van der Waals surface area contributed by atoms with E-state index in [-0.39, 0.29) is 5.75 Å². The molecule has 3 rings (SSSR count). The van der Waals surface area contributed by atoms with Crippen LogP contribution in [0, 0.1) is 6.92 Å². The van der Waals surface area contributed by atoms with E-state index in [0.29, 0.717) is 31.9 Å². The SMILES string of the molecule is CN=C(NCCc1ccc(C)cc1)N1CCN(S(=O)(=O)Cc2ccon2)CC1. The molecule has 1 aromatic heterocycles. The number of nitrogens with one attached hydrogen (secondary N) is 1. The Morgan fingerprint density at radius 1 is 1.18 bits per heavy atom. The topological polar surface area (TPSA) is 91.0 Å². The number of sulfonamides is 1. The number of aromatic nitrogens is 1. The number of rotatable bonds is 6. The fourth-order valence-corrected chi connectivity index (χ4v) is 4.60. The Bertz CT molecular complexity index is 871. The molecule has 8 nitrogen and oxygen atoms in total. The fourth-order valence-electron chi connectivity index (χ4n) is 3.17. The third-order valence-corrected chi connectivity index (χ3v) is 6.59. The Hall–Kier alpha value is -2.39. The van der Waals surface area contributed by atoms with Gasteiger partial charge in [-0.25, -0.2) is 8.42 Å². The van der Waals surface area contributed by atoms with Crippen LogP contribution >= 0.6 is 0 Å². The highest BCUT2D eigenvalue weighted by atomic mass is 32.2. The van der Waals surface area contributed by atoms with Gasteiger partial charge >= 0.3 is 0 Å². The molecule has 9 heteroatoms. The molecule has 0 spiro atoms. The minimum absolute atomic E-state index is 0.132. The second-order valence-corrected chi connectivity index (χ2v) is 8.81. The highest BCUT2D eigenvalue weighted by molar-refractivity contribution is 7.88. The van der Waals surface area contributed by atoms with E-state index in [0.717, 1.165) is 18.9 Å². The standard InChI is InChI=1S/C19H27N5O3S/c1-16-3-5-17(6-4-16)7-9-21-19(20-2)23-10-12-24(13-11-23)28(25,26)15-18-8-14-27-22-18/h3-6,8,14H,7,9-13,15H2,1-2H3,(H,20,21). The van der Waals surface area contributed by atoms with Gasteiger partial charge in [0.05, 0.1) is 5.69 Å².